The molecule has 0 atom stereocenters. The van der Waals surface area contributed by atoms with Crippen LogP contribution in [0, 0.1) is 0 Å². The summed E-state index contributed by atoms with van der Waals surface area (Å²) < 4.78 is 5.21. The molecular weight excluding hydrogens is 212 g/mol. The third-order valence-corrected chi connectivity index (χ3v) is 3.07. The zero-order chi connectivity index (χ0) is 12.3. The molecule has 2 nitrogen and oxygen atoms in total. The van der Waals surface area contributed by atoms with Crippen molar-refractivity contribution in [3.63, 3.8) is 0 Å². The molecule has 0 unspecified atom stereocenters. The van der Waals surface area contributed by atoms with Crippen LogP contribution in [-0.4, -0.2) is 12.9 Å². The fraction of sp³-hybridized carbons (Fsp3) is 0.267. The average Bonchev–Trinajstić information content (AvgIpc) is 2.75. The van der Waals surface area contributed by atoms with Crippen molar-refractivity contribution in [2.24, 2.45) is 0 Å². The third kappa shape index (κ3) is 2.47. The van der Waals surface area contributed by atoms with Gasteiger partial charge in [0, 0.05) is 6.42 Å². The highest BCUT2D eigenvalue weighted by Crippen LogP contribution is 2.26. The molecule has 1 aromatic rings. The van der Waals surface area contributed by atoms with E-state index in [0.29, 0.717) is 17.7 Å². The molecule has 2 rings (SSSR count). The number of hydrogen-bond donors (Lipinski definition) is 0. The SMILES string of the molecule is COc1ccccc1C(=O)CC1=C(C)C=CC1. The van der Waals surface area contributed by atoms with Crippen molar-refractivity contribution in [3.05, 3.63) is 53.1 Å². The van der Waals surface area contributed by atoms with Gasteiger partial charge in [0.2, 0.25) is 0 Å². The second-order valence-electron chi connectivity index (χ2n) is 4.19. The highest BCUT2D eigenvalue weighted by Gasteiger charge is 2.15. The van der Waals surface area contributed by atoms with Gasteiger partial charge >= 0.3 is 0 Å². The lowest BCUT2D eigenvalue weighted by Gasteiger charge is -2.08. The zero-order valence-corrected chi connectivity index (χ0v) is 10.2. The van der Waals surface area contributed by atoms with E-state index < -0.39 is 0 Å². The molecule has 0 aromatic heterocycles. The Morgan fingerprint density at radius 3 is 2.76 bits per heavy atom. The maximum atomic E-state index is 12.2. The maximum absolute atomic E-state index is 12.2. The normalized spacial score (nSPS) is 14.2. The summed E-state index contributed by atoms with van der Waals surface area (Å²) in [7, 11) is 1.59. The molecule has 0 amide bonds. The summed E-state index contributed by atoms with van der Waals surface area (Å²) in [6, 6.07) is 7.38. The first kappa shape index (κ1) is 11.6. The largest absolute Gasteiger partial charge is 0.496 e. The number of Topliss-reactive ketones (excluding diaryl/α,β-unsaturated/α-hetero) is 1. The molecule has 1 aliphatic carbocycles. The van der Waals surface area contributed by atoms with Gasteiger partial charge < -0.3 is 4.74 Å². The van der Waals surface area contributed by atoms with E-state index in [9.17, 15) is 4.79 Å². The number of methoxy groups -OCH3 is 1. The summed E-state index contributed by atoms with van der Waals surface area (Å²) in [6.07, 6.45) is 5.55. The van der Waals surface area contributed by atoms with Gasteiger partial charge in [-0.05, 0) is 25.5 Å². The minimum atomic E-state index is 0.125. The second kappa shape index (κ2) is 5.00. The predicted molar refractivity (Wildman–Crippen MR) is 68.4 cm³/mol. The van der Waals surface area contributed by atoms with Gasteiger partial charge in [0.25, 0.3) is 0 Å². The number of carbonyl (C=O) groups excluding carboxylic acids is 1. The Morgan fingerprint density at radius 2 is 2.12 bits per heavy atom. The van der Waals surface area contributed by atoms with E-state index in [0.717, 1.165) is 6.42 Å². The fourth-order valence-corrected chi connectivity index (χ4v) is 2.03. The Labute approximate surface area is 102 Å². The Kier molecular flexibility index (Phi) is 3.43. The molecular formula is C15H16O2. The van der Waals surface area contributed by atoms with Gasteiger partial charge in [-0.1, -0.05) is 35.4 Å². The van der Waals surface area contributed by atoms with E-state index in [1.807, 2.05) is 31.2 Å². The van der Waals surface area contributed by atoms with Crippen molar-refractivity contribution in [2.75, 3.05) is 7.11 Å². The number of rotatable bonds is 4. The standard InChI is InChI=1S/C15H16O2/c1-11-6-5-7-12(11)10-14(16)13-8-3-4-9-15(13)17-2/h3-6,8-9H,7,10H2,1-2H3. The highest BCUT2D eigenvalue weighted by molar-refractivity contribution is 6.00. The van der Waals surface area contributed by atoms with E-state index >= 15 is 0 Å². The number of ketones is 1. The van der Waals surface area contributed by atoms with Gasteiger partial charge in [0.1, 0.15) is 5.75 Å². The van der Waals surface area contributed by atoms with Crippen LogP contribution in [-0.2, 0) is 0 Å². The van der Waals surface area contributed by atoms with Crippen LogP contribution in [0.3, 0.4) is 0 Å². The molecule has 0 N–H and O–H groups in total. The summed E-state index contributed by atoms with van der Waals surface area (Å²) in [6.45, 7) is 2.05. The number of ether oxygens (including phenoxy) is 1. The molecule has 17 heavy (non-hydrogen) atoms. The van der Waals surface area contributed by atoms with Crippen molar-refractivity contribution in [2.45, 2.75) is 19.8 Å². The predicted octanol–water partition coefficient (Wildman–Crippen LogP) is 3.54. The van der Waals surface area contributed by atoms with Crippen LogP contribution < -0.4 is 4.74 Å². The van der Waals surface area contributed by atoms with Crippen LogP contribution >= 0.6 is 0 Å². The Morgan fingerprint density at radius 1 is 1.35 bits per heavy atom. The lowest BCUT2D eigenvalue weighted by Crippen LogP contribution is -2.03. The average molecular weight is 228 g/mol. The monoisotopic (exact) mass is 228 g/mol. The van der Waals surface area contributed by atoms with Gasteiger partial charge in [0.15, 0.2) is 5.78 Å². The van der Waals surface area contributed by atoms with Gasteiger partial charge in [-0.25, -0.2) is 0 Å². The molecule has 0 radical (unpaired) electrons. The van der Waals surface area contributed by atoms with Gasteiger partial charge in [-0.2, -0.15) is 0 Å². The molecule has 0 fully saturated rings. The van der Waals surface area contributed by atoms with E-state index in [2.05, 4.69) is 12.2 Å². The molecule has 0 saturated heterocycles. The van der Waals surface area contributed by atoms with Crippen LogP contribution in [0.4, 0.5) is 0 Å². The van der Waals surface area contributed by atoms with Crippen LogP contribution in [0.1, 0.15) is 30.1 Å². The van der Waals surface area contributed by atoms with E-state index in [4.69, 9.17) is 4.74 Å². The number of para-hydroxylation sites is 1. The maximum Gasteiger partial charge on any atom is 0.170 e. The quantitative estimate of drug-likeness (QED) is 0.737. The van der Waals surface area contributed by atoms with Crippen molar-refractivity contribution < 1.29 is 9.53 Å². The van der Waals surface area contributed by atoms with Crippen molar-refractivity contribution >= 4 is 5.78 Å². The minimum absolute atomic E-state index is 0.125. The van der Waals surface area contributed by atoms with E-state index in [-0.39, 0.29) is 5.78 Å². The van der Waals surface area contributed by atoms with Crippen molar-refractivity contribution in [1.82, 2.24) is 0 Å². The smallest absolute Gasteiger partial charge is 0.170 e. The molecule has 2 heteroatoms. The Hall–Kier alpha value is -1.83. The first-order valence-corrected chi connectivity index (χ1v) is 5.73. The lowest BCUT2D eigenvalue weighted by molar-refractivity contribution is 0.0989. The third-order valence-electron chi connectivity index (χ3n) is 3.07. The second-order valence-corrected chi connectivity index (χ2v) is 4.19. The topological polar surface area (TPSA) is 26.3 Å². The lowest BCUT2D eigenvalue weighted by atomic mass is 10.00. The Bertz CT molecular complexity index is 495. The van der Waals surface area contributed by atoms with Crippen LogP contribution in [0.2, 0.25) is 0 Å². The van der Waals surface area contributed by atoms with Gasteiger partial charge in [-0.3, -0.25) is 4.79 Å². The van der Waals surface area contributed by atoms with Crippen LogP contribution in [0.25, 0.3) is 0 Å². The minimum Gasteiger partial charge on any atom is -0.496 e. The summed E-state index contributed by atoms with van der Waals surface area (Å²) in [4.78, 5) is 12.2. The molecule has 0 saturated carbocycles. The molecule has 0 heterocycles. The first-order valence-electron chi connectivity index (χ1n) is 5.73. The fourth-order valence-electron chi connectivity index (χ4n) is 2.03. The van der Waals surface area contributed by atoms with Crippen molar-refractivity contribution in [3.8, 4) is 5.75 Å². The number of carbonyl (C=O) groups is 1. The molecule has 0 aliphatic heterocycles. The molecule has 1 aromatic carbocycles. The van der Waals surface area contributed by atoms with Crippen LogP contribution in [0.5, 0.6) is 5.75 Å². The number of hydrogen-bond acceptors (Lipinski definition) is 2. The van der Waals surface area contributed by atoms with E-state index in [1.165, 1.54) is 11.1 Å². The Balaban J connectivity index is 2.18. The molecule has 88 valence electrons. The first-order chi connectivity index (χ1) is 8.22. The molecule has 1 aliphatic rings. The summed E-state index contributed by atoms with van der Waals surface area (Å²) in [5.74, 6) is 0.780. The summed E-state index contributed by atoms with van der Waals surface area (Å²) in [5, 5.41) is 0. The molecule has 0 bridgehead atoms. The summed E-state index contributed by atoms with van der Waals surface area (Å²) >= 11 is 0. The van der Waals surface area contributed by atoms with E-state index in [1.54, 1.807) is 7.11 Å². The van der Waals surface area contributed by atoms with Gasteiger partial charge in [-0.15, -0.1) is 0 Å². The summed E-state index contributed by atoms with van der Waals surface area (Å²) in [5.41, 5.74) is 3.09. The highest BCUT2D eigenvalue weighted by atomic mass is 16.5. The number of allylic oxidation sites excluding steroid dienone is 4. The molecule has 0 spiro atoms. The van der Waals surface area contributed by atoms with Gasteiger partial charge in [0.05, 0.1) is 12.7 Å². The zero-order valence-electron chi connectivity index (χ0n) is 10.2. The van der Waals surface area contributed by atoms with Crippen molar-refractivity contribution in [1.29, 1.82) is 0 Å². The number of benzene rings is 1. The van der Waals surface area contributed by atoms with Crippen LogP contribution in [0.15, 0.2) is 47.6 Å².